The van der Waals surface area contributed by atoms with Gasteiger partial charge in [0.15, 0.2) is 5.78 Å². The molecule has 3 rings (SSSR count). The van der Waals surface area contributed by atoms with Crippen molar-refractivity contribution in [3.8, 4) is 0 Å². The third-order valence-corrected chi connectivity index (χ3v) is 1.39. The van der Waals surface area contributed by atoms with Crippen molar-refractivity contribution in [1.82, 2.24) is 0 Å². The van der Waals surface area contributed by atoms with Crippen LogP contribution < -0.4 is 0 Å². The van der Waals surface area contributed by atoms with Crippen LogP contribution in [0.3, 0.4) is 0 Å². The van der Waals surface area contributed by atoms with Crippen LogP contribution in [0.2, 0.25) is 0 Å². The lowest BCUT2D eigenvalue weighted by Crippen LogP contribution is -2.10. The highest BCUT2D eigenvalue weighted by molar-refractivity contribution is 7.00. The lowest BCUT2D eigenvalue weighted by molar-refractivity contribution is 0.102. The fourth-order valence-electron chi connectivity index (χ4n) is 0.891. The number of ketones is 1. The minimum Gasteiger partial charge on any atom is -0.289 e. The van der Waals surface area contributed by atoms with Crippen LogP contribution in [0.5, 0.6) is 0 Å². The minimum absolute atomic E-state index is 0.201. The Hall–Kier alpha value is -1.01. The average Bonchev–Trinajstić information content (AvgIpc) is 2.08. The number of hydrogen-bond acceptors (Lipinski definition) is 2. The van der Waals surface area contributed by atoms with E-state index in [4.69, 9.17) is 4.57 Å². The fraction of sp³-hybridized carbons (Fsp3) is 0. The molecule has 0 unspecified atom stereocenters. The van der Waals surface area contributed by atoms with Crippen molar-refractivity contribution in [2.75, 3.05) is 0 Å². The molecule has 2 aliphatic rings. The molecule has 1 aromatic carbocycles. The van der Waals surface area contributed by atoms with Gasteiger partial charge in [-0.15, -0.1) is 0 Å². The maximum absolute atomic E-state index is 10.7. The predicted octanol–water partition coefficient (Wildman–Crippen LogP) is 1.71. The van der Waals surface area contributed by atoms with Crippen LogP contribution in [-0.4, -0.2) is 5.78 Å². The van der Waals surface area contributed by atoms with Gasteiger partial charge >= 0.3 is 0 Å². The number of carbonyl (C=O) groups excluding carboxylic acids is 1. The van der Waals surface area contributed by atoms with Gasteiger partial charge in [0.05, 0.1) is 0 Å². The van der Waals surface area contributed by atoms with Gasteiger partial charge in [0.2, 0.25) is 0 Å². The molecule has 0 aliphatic heterocycles. The first-order valence-corrected chi connectivity index (χ1v) is 3.14. The summed E-state index contributed by atoms with van der Waals surface area (Å²) in [5.41, 5.74) is 1.70. The Morgan fingerprint density at radius 2 is 1.60 bits per heavy atom. The summed E-state index contributed by atoms with van der Waals surface area (Å²) in [6.45, 7) is 0. The van der Waals surface area contributed by atoms with E-state index in [1.165, 1.54) is 0 Å². The smallest absolute Gasteiger partial charge is 0.193 e. The monoisotopic (exact) mass is 152 g/mol. The van der Waals surface area contributed by atoms with E-state index in [2.05, 4.69) is 0 Å². The van der Waals surface area contributed by atoms with E-state index in [9.17, 15) is 4.79 Å². The van der Waals surface area contributed by atoms with Crippen molar-refractivity contribution in [3.63, 3.8) is 0 Å². The zero-order valence-electron chi connectivity index (χ0n) is 5.13. The normalized spacial score (nSPS) is 11.0. The first-order valence-electron chi connectivity index (χ1n) is 2.73. The molecular formula is C7H5O2P. The van der Waals surface area contributed by atoms with E-state index >= 15 is 0 Å². The highest BCUT2D eigenvalue weighted by Gasteiger charge is 2.17. The molecule has 3 heteroatoms. The summed E-state index contributed by atoms with van der Waals surface area (Å²) < 4.78 is 8.06. The molecule has 0 amide bonds. The van der Waals surface area contributed by atoms with Crippen LogP contribution in [0, 0.1) is 0 Å². The molecule has 1 aromatic rings. The molecule has 0 heterocycles. The number of benzene rings is 1. The number of hydrogen-bond donors (Lipinski definition) is 0. The minimum atomic E-state index is 0.201. The zero-order valence-corrected chi connectivity index (χ0v) is 6.13. The number of rotatable bonds is 0. The molecule has 0 N–H and O–H groups in total. The van der Waals surface area contributed by atoms with Gasteiger partial charge in [0.25, 0.3) is 0 Å². The molecule has 0 saturated heterocycles. The third-order valence-electron chi connectivity index (χ3n) is 1.39. The van der Waals surface area contributed by atoms with Crippen LogP contribution in [-0.2, 0) is 4.57 Å². The van der Waals surface area contributed by atoms with E-state index in [1.807, 2.05) is 24.3 Å². The third kappa shape index (κ3) is 0.869. The van der Waals surface area contributed by atoms with Crippen molar-refractivity contribution < 1.29 is 9.36 Å². The highest BCUT2D eigenvalue weighted by Crippen LogP contribution is 2.19. The second kappa shape index (κ2) is 2.72. The number of carbonyl (C=O) groups is 1. The van der Waals surface area contributed by atoms with Gasteiger partial charge in [0.1, 0.15) is 9.12 Å². The molecule has 2 bridgehead atoms. The van der Waals surface area contributed by atoms with Gasteiger partial charge in [-0.3, -0.25) is 9.36 Å². The van der Waals surface area contributed by atoms with E-state index < -0.39 is 0 Å². The Bertz CT molecular complexity index is 241. The summed E-state index contributed by atoms with van der Waals surface area (Å²) in [6, 6.07) is 7.44. The van der Waals surface area contributed by atoms with Gasteiger partial charge in [-0.05, 0) is 6.07 Å². The summed E-state index contributed by atoms with van der Waals surface area (Å²) in [4.78, 5) is 10.7. The highest BCUT2D eigenvalue weighted by atomic mass is 31.0. The summed E-state index contributed by atoms with van der Waals surface area (Å²) in [6.07, 6.45) is 0. The van der Waals surface area contributed by atoms with Crippen molar-refractivity contribution in [2.45, 2.75) is 0 Å². The molecule has 0 aromatic heterocycles. The molecule has 10 heavy (non-hydrogen) atoms. The lowest BCUT2D eigenvalue weighted by atomic mass is 9.92. The number of fused-ring (bicyclic) bond motifs is 2. The summed E-state index contributed by atoms with van der Waals surface area (Å²) in [5.74, 6) is 0.201. The summed E-state index contributed by atoms with van der Waals surface area (Å²) in [5, 5.41) is 0. The van der Waals surface area contributed by atoms with Gasteiger partial charge in [-0.2, -0.15) is 0 Å². The standard InChI is InChI=1S/C7H4O.HOP/c8-7-5-2-1-3-6(7)4-5;1-2/h1-4H;2H. The first-order chi connectivity index (χ1) is 4.88. The Morgan fingerprint density at radius 3 is 1.80 bits per heavy atom. The van der Waals surface area contributed by atoms with Gasteiger partial charge < -0.3 is 0 Å². The second-order valence-corrected chi connectivity index (χ2v) is 1.91. The van der Waals surface area contributed by atoms with E-state index in [0.717, 1.165) is 11.1 Å². The molecular weight excluding hydrogens is 147 g/mol. The first kappa shape index (κ1) is 7.10. The van der Waals surface area contributed by atoms with Crippen LogP contribution in [0.15, 0.2) is 24.3 Å². The SMILES string of the molecule is O=C1c2cccc1c2.O=P. The molecule has 2 nitrogen and oxygen atoms in total. The fourth-order valence-corrected chi connectivity index (χ4v) is 0.891. The molecule has 50 valence electrons. The largest absolute Gasteiger partial charge is 0.289 e. The Morgan fingerprint density at radius 1 is 1.10 bits per heavy atom. The van der Waals surface area contributed by atoms with Crippen molar-refractivity contribution >= 4 is 14.9 Å². The molecule has 0 fully saturated rings. The van der Waals surface area contributed by atoms with Crippen LogP contribution >= 0.6 is 9.12 Å². The molecule has 2 aliphatic carbocycles. The van der Waals surface area contributed by atoms with Crippen LogP contribution in [0.1, 0.15) is 15.9 Å². The molecule has 0 atom stereocenters. The van der Waals surface area contributed by atoms with E-state index in [-0.39, 0.29) is 5.78 Å². The lowest BCUT2D eigenvalue weighted by Gasteiger charge is -2.10. The van der Waals surface area contributed by atoms with Gasteiger partial charge in [0, 0.05) is 11.1 Å². The predicted molar refractivity (Wildman–Crippen MR) is 38.9 cm³/mol. The average molecular weight is 152 g/mol. The molecule has 0 radical (unpaired) electrons. The summed E-state index contributed by atoms with van der Waals surface area (Å²) >= 11 is 0. The second-order valence-electron chi connectivity index (χ2n) is 1.91. The van der Waals surface area contributed by atoms with Crippen molar-refractivity contribution in [3.05, 3.63) is 35.4 Å². The van der Waals surface area contributed by atoms with Crippen LogP contribution in [0.25, 0.3) is 0 Å². The quantitative estimate of drug-likeness (QED) is 0.538. The van der Waals surface area contributed by atoms with Crippen LogP contribution in [0.4, 0.5) is 0 Å². The van der Waals surface area contributed by atoms with Crippen molar-refractivity contribution in [1.29, 1.82) is 0 Å². The Balaban J connectivity index is 0.000000231. The Labute approximate surface area is 60.5 Å². The van der Waals surface area contributed by atoms with Gasteiger partial charge in [-0.25, -0.2) is 0 Å². The topological polar surface area (TPSA) is 34.1 Å². The Kier molecular flexibility index (Phi) is 1.93. The molecule has 0 spiro atoms. The molecule has 0 saturated carbocycles. The van der Waals surface area contributed by atoms with Crippen molar-refractivity contribution in [2.24, 2.45) is 0 Å². The van der Waals surface area contributed by atoms with E-state index in [0.29, 0.717) is 0 Å². The maximum Gasteiger partial charge on any atom is 0.193 e. The van der Waals surface area contributed by atoms with Gasteiger partial charge in [-0.1, -0.05) is 18.2 Å². The maximum atomic E-state index is 10.7. The zero-order chi connectivity index (χ0) is 7.56. The summed E-state index contributed by atoms with van der Waals surface area (Å²) in [7, 11) is 1.72. The van der Waals surface area contributed by atoms with E-state index in [1.54, 1.807) is 9.12 Å².